The molecule has 1 aromatic heterocycles. The molecule has 0 amide bonds. The molecule has 2 aromatic carbocycles. The standard InChI is InChI=1S/C13H5BrF4N2/c14-6-3-10-11(4-7(6)15)20-13(19-10)5-1-8(16)12(18)9(17)2-5/h1-4H,(H,19,20). The fourth-order valence-electron chi connectivity index (χ4n) is 1.83. The number of benzene rings is 2. The molecule has 3 aromatic rings. The molecular formula is C13H5BrF4N2. The molecule has 0 radical (unpaired) electrons. The lowest BCUT2D eigenvalue weighted by atomic mass is 10.2. The van der Waals surface area contributed by atoms with Crippen LogP contribution in [-0.4, -0.2) is 9.97 Å². The number of imidazole rings is 1. The van der Waals surface area contributed by atoms with Crippen LogP contribution in [-0.2, 0) is 0 Å². The van der Waals surface area contributed by atoms with Crippen LogP contribution in [0.25, 0.3) is 22.4 Å². The molecule has 0 bridgehead atoms. The number of nitrogens with one attached hydrogen (secondary N) is 1. The summed E-state index contributed by atoms with van der Waals surface area (Å²) in [6.45, 7) is 0. The number of aromatic amines is 1. The fraction of sp³-hybridized carbons (Fsp3) is 0. The van der Waals surface area contributed by atoms with Crippen molar-refractivity contribution in [1.29, 1.82) is 0 Å². The first-order valence-corrected chi connectivity index (χ1v) is 6.24. The third kappa shape index (κ3) is 2.07. The van der Waals surface area contributed by atoms with E-state index in [1.165, 1.54) is 12.1 Å². The fourth-order valence-corrected chi connectivity index (χ4v) is 2.17. The first-order chi connectivity index (χ1) is 9.45. The Hall–Kier alpha value is -1.89. The lowest BCUT2D eigenvalue weighted by Crippen LogP contribution is -1.92. The maximum Gasteiger partial charge on any atom is 0.194 e. The van der Waals surface area contributed by atoms with Crippen molar-refractivity contribution in [3.63, 3.8) is 0 Å². The molecule has 0 fully saturated rings. The summed E-state index contributed by atoms with van der Waals surface area (Å²) in [5.74, 6) is -4.54. The number of hydrogen-bond donors (Lipinski definition) is 1. The normalized spacial score (nSPS) is 11.2. The van der Waals surface area contributed by atoms with E-state index in [1.807, 2.05) is 0 Å². The molecule has 0 saturated heterocycles. The lowest BCUT2D eigenvalue weighted by molar-refractivity contribution is 0.447. The first-order valence-electron chi connectivity index (χ1n) is 5.45. The van der Waals surface area contributed by atoms with Crippen molar-refractivity contribution >= 4 is 27.0 Å². The Balaban J connectivity index is 2.20. The molecule has 1 N–H and O–H groups in total. The van der Waals surface area contributed by atoms with E-state index in [0.29, 0.717) is 11.0 Å². The van der Waals surface area contributed by atoms with Gasteiger partial charge in [0.1, 0.15) is 11.6 Å². The van der Waals surface area contributed by atoms with Gasteiger partial charge in [-0.2, -0.15) is 0 Å². The monoisotopic (exact) mass is 344 g/mol. The SMILES string of the molecule is Fc1cc2[nH]c(-c3cc(F)c(F)c(F)c3)nc2cc1Br. The average molecular weight is 345 g/mol. The molecule has 0 unspecified atom stereocenters. The molecule has 0 aliphatic heterocycles. The Morgan fingerprint density at radius 3 is 2.20 bits per heavy atom. The molecule has 0 aliphatic rings. The van der Waals surface area contributed by atoms with Gasteiger partial charge >= 0.3 is 0 Å². The molecule has 0 spiro atoms. The summed E-state index contributed by atoms with van der Waals surface area (Å²) >= 11 is 3.02. The van der Waals surface area contributed by atoms with E-state index in [2.05, 4.69) is 25.9 Å². The van der Waals surface area contributed by atoms with Gasteiger partial charge in [0, 0.05) is 11.6 Å². The van der Waals surface area contributed by atoms with Crippen molar-refractivity contribution in [3.8, 4) is 11.4 Å². The second-order valence-electron chi connectivity index (χ2n) is 4.12. The van der Waals surface area contributed by atoms with E-state index in [0.717, 1.165) is 12.1 Å². The number of aromatic nitrogens is 2. The molecule has 0 aliphatic carbocycles. The smallest absolute Gasteiger partial charge is 0.194 e. The van der Waals surface area contributed by atoms with Gasteiger partial charge in [0.15, 0.2) is 17.5 Å². The van der Waals surface area contributed by atoms with Crippen molar-refractivity contribution in [2.24, 2.45) is 0 Å². The predicted octanol–water partition coefficient (Wildman–Crippen LogP) is 4.55. The molecular weight excluding hydrogens is 340 g/mol. The summed E-state index contributed by atoms with van der Waals surface area (Å²) in [7, 11) is 0. The predicted molar refractivity (Wildman–Crippen MR) is 69.1 cm³/mol. The quantitative estimate of drug-likeness (QED) is 0.509. The molecule has 2 nitrogen and oxygen atoms in total. The van der Waals surface area contributed by atoms with Gasteiger partial charge in [0.2, 0.25) is 0 Å². The highest BCUT2D eigenvalue weighted by molar-refractivity contribution is 9.10. The third-order valence-corrected chi connectivity index (χ3v) is 3.39. The van der Waals surface area contributed by atoms with Crippen LogP contribution in [0, 0.1) is 23.3 Å². The van der Waals surface area contributed by atoms with Gasteiger partial charge in [0.05, 0.1) is 15.5 Å². The topological polar surface area (TPSA) is 28.7 Å². The molecule has 0 saturated carbocycles. The Morgan fingerprint density at radius 2 is 1.55 bits per heavy atom. The summed E-state index contributed by atoms with van der Waals surface area (Å²) in [6.07, 6.45) is 0. The second kappa shape index (κ2) is 4.59. The van der Waals surface area contributed by atoms with Crippen LogP contribution in [0.2, 0.25) is 0 Å². The highest BCUT2D eigenvalue weighted by Crippen LogP contribution is 2.27. The van der Waals surface area contributed by atoms with E-state index >= 15 is 0 Å². The van der Waals surface area contributed by atoms with Gasteiger partial charge in [-0.3, -0.25) is 0 Å². The summed E-state index contributed by atoms with van der Waals surface area (Å²) in [4.78, 5) is 6.81. The third-order valence-electron chi connectivity index (χ3n) is 2.78. The Labute approximate surface area is 118 Å². The number of nitrogens with zero attached hydrogens (tertiary/aromatic N) is 1. The van der Waals surface area contributed by atoms with Crippen LogP contribution >= 0.6 is 15.9 Å². The first kappa shape index (κ1) is 13.1. The second-order valence-corrected chi connectivity index (χ2v) is 4.98. The largest absolute Gasteiger partial charge is 0.338 e. The van der Waals surface area contributed by atoms with Crippen molar-refractivity contribution in [1.82, 2.24) is 9.97 Å². The van der Waals surface area contributed by atoms with Crippen LogP contribution in [0.4, 0.5) is 17.6 Å². The van der Waals surface area contributed by atoms with Crippen LogP contribution in [0.15, 0.2) is 28.7 Å². The zero-order chi connectivity index (χ0) is 14.4. The molecule has 1 heterocycles. The molecule has 102 valence electrons. The van der Waals surface area contributed by atoms with Gasteiger partial charge in [-0.25, -0.2) is 22.5 Å². The highest BCUT2D eigenvalue weighted by atomic mass is 79.9. The number of fused-ring (bicyclic) bond motifs is 1. The van der Waals surface area contributed by atoms with Crippen molar-refractivity contribution in [3.05, 3.63) is 52.0 Å². The van der Waals surface area contributed by atoms with Crippen molar-refractivity contribution in [2.45, 2.75) is 0 Å². The molecule has 20 heavy (non-hydrogen) atoms. The Morgan fingerprint density at radius 1 is 0.900 bits per heavy atom. The summed E-state index contributed by atoms with van der Waals surface area (Å²) in [5.41, 5.74) is 0.818. The number of hydrogen-bond acceptors (Lipinski definition) is 1. The van der Waals surface area contributed by atoms with E-state index in [1.54, 1.807) is 0 Å². The van der Waals surface area contributed by atoms with E-state index < -0.39 is 23.3 Å². The number of H-pyrrole nitrogens is 1. The van der Waals surface area contributed by atoms with Gasteiger partial charge in [0.25, 0.3) is 0 Å². The zero-order valence-electron chi connectivity index (χ0n) is 9.65. The molecule has 0 atom stereocenters. The van der Waals surface area contributed by atoms with Gasteiger partial charge in [-0.05, 0) is 34.1 Å². The van der Waals surface area contributed by atoms with Crippen LogP contribution in [0.3, 0.4) is 0 Å². The maximum atomic E-state index is 13.4. The minimum atomic E-state index is -1.54. The molecule has 3 rings (SSSR count). The van der Waals surface area contributed by atoms with E-state index in [4.69, 9.17) is 0 Å². The van der Waals surface area contributed by atoms with Gasteiger partial charge in [-0.15, -0.1) is 0 Å². The van der Waals surface area contributed by atoms with E-state index in [9.17, 15) is 17.6 Å². The molecule has 7 heteroatoms. The Kier molecular flexibility index (Phi) is 3.01. The van der Waals surface area contributed by atoms with Crippen molar-refractivity contribution < 1.29 is 17.6 Å². The minimum Gasteiger partial charge on any atom is -0.338 e. The summed E-state index contributed by atoms with van der Waals surface area (Å²) in [5, 5.41) is 0. The minimum absolute atomic E-state index is 0.0362. The summed E-state index contributed by atoms with van der Waals surface area (Å²) in [6, 6.07) is 4.27. The number of rotatable bonds is 1. The average Bonchev–Trinajstić information content (AvgIpc) is 2.79. The Bertz CT molecular complexity index is 767. The van der Waals surface area contributed by atoms with Gasteiger partial charge < -0.3 is 4.98 Å². The van der Waals surface area contributed by atoms with Crippen LogP contribution in [0.1, 0.15) is 0 Å². The highest BCUT2D eigenvalue weighted by Gasteiger charge is 2.14. The van der Waals surface area contributed by atoms with Gasteiger partial charge in [-0.1, -0.05) is 0 Å². The van der Waals surface area contributed by atoms with E-state index in [-0.39, 0.29) is 15.9 Å². The van der Waals surface area contributed by atoms with Crippen LogP contribution in [0.5, 0.6) is 0 Å². The van der Waals surface area contributed by atoms with Crippen molar-refractivity contribution in [2.75, 3.05) is 0 Å². The number of halogens is 5. The lowest BCUT2D eigenvalue weighted by Gasteiger charge is -1.99. The zero-order valence-corrected chi connectivity index (χ0v) is 11.2. The maximum absolute atomic E-state index is 13.4. The van der Waals surface area contributed by atoms with Crippen LogP contribution < -0.4 is 0 Å². The summed E-state index contributed by atoms with van der Waals surface area (Å²) < 4.78 is 52.9.